The van der Waals surface area contributed by atoms with Gasteiger partial charge in [-0.3, -0.25) is 9.59 Å². The summed E-state index contributed by atoms with van der Waals surface area (Å²) in [5.74, 6) is -0.534. The van der Waals surface area contributed by atoms with Gasteiger partial charge in [0.1, 0.15) is 5.82 Å². The SMILES string of the molecule is Cc1cccc(NC(=O)[C@H]2CCCN(C(=O)c3ccc(C(F)(F)F)cc3)C2)n1. The maximum absolute atomic E-state index is 12.7. The molecule has 0 saturated carbocycles. The molecular weight excluding hydrogens is 371 g/mol. The van der Waals surface area contributed by atoms with E-state index in [2.05, 4.69) is 10.3 Å². The minimum absolute atomic E-state index is 0.175. The summed E-state index contributed by atoms with van der Waals surface area (Å²) in [6.45, 7) is 2.50. The van der Waals surface area contributed by atoms with Crippen molar-refractivity contribution in [2.75, 3.05) is 18.4 Å². The van der Waals surface area contributed by atoms with E-state index in [0.717, 1.165) is 17.8 Å². The van der Waals surface area contributed by atoms with Gasteiger partial charge in [0.2, 0.25) is 5.91 Å². The van der Waals surface area contributed by atoms with Crippen LogP contribution in [0.5, 0.6) is 0 Å². The largest absolute Gasteiger partial charge is 0.416 e. The maximum atomic E-state index is 12.7. The van der Waals surface area contributed by atoms with Crippen LogP contribution >= 0.6 is 0 Å². The van der Waals surface area contributed by atoms with Crippen LogP contribution in [0.25, 0.3) is 0 Å². The van der Waals surface area contributed by atoms with Gasteiger partial charge in [-0.25, -0.2) is 4.98 Å². The zero-order valence-corrected chi connectivity index (χ0v) is 15.3. The normalized spacial score (nSPS) is 17.3. The van der Waals surface area contributed by atoms with Crippen molar-refractivity contribution in [1.82, 2.24) is 9.88 Å². The Morgan fingerprint density at radius 2 is 1.86 bits per heavy atom. The molecule has 5 nitrogen and oxygen atoms in total. The molecule has 0 aliphatic carbocycles. The van der Waals surface area contributed by atoms with Gasteiger partial charge in [-0.2, -0.15) is 13.2 Å². The molecule has 0 radical (unpaired) electrons. The monoisotopic (exact) mass is 391 g/mol. The Kier molecular flexibility index (Phi) is 5.67. The highest BCUT2D eigenvalue weighted by molar-refractivity contribution is 5.96. The molecule has 1 fully saturated rings. The van der Waals surface area contributed by atoms with Crippen LogP contribution in [-0.4, -0.2) is 34.8 Å². The third kappa shape index (κ3) is 4.68. The van der Waals surface area contributed by atoms with Crippen molar-refractivity contribution in [1.29, 1.82) is 0 Å². The highest BCUT2D eigenvalue weighted by atomic mass is 19.4. The zero-order valence-electron chi connectivity index (χ0n) is 15.3. The Balaban J connectivity index is 1.65. The predicted octanol–water partition coefficient (Wildman–Crippen LogP) is 3.90. The number of piperidine rings is 1. The fraction of sp³-hybridized carbons (Fsp3) is 0.350. The average Bonchev–Trinajstić information content (AvgIpc) is 2.67. The number of likely N-dealkylation sites (tertiary alicyclic amines) is 1. The molecule has 0 bridgehead atoms. The predicted molar refractivity (Wildman–Crippen MR) is 97.7 cm³/mol. The summed E-state index contributed by atoms with van der Waals surface area (Å²) in [6, 6.07) is 9.44. The smallest absolute Gasteiger partial charge is 0.338 e. The van der Waals surface area contributed by atoms with Gasteiger partial charge in [0.25, 0.3) is 5.91 Å². The van der Waals surface area contributed by atoms with E-state index in [1.807, 2.05) is 13.0 Å². The summed E-state index contributed by atoms with van der Waals surface area (Å²) >= 11 is 0. The number of aromatic nitrogens is 1. The van der Waals surface area contributed by atoms with Crippen LogP contribution in [0.15, 0.2) is 42.5 Å². The first-order valence-corrected chi connectivity index (χ1v) is 8.95. The number of alkyl halides is 3. The van der Waals surface area contributed by atoms with Crippen molar-refractivity contribution in [2.24, 2.45) is 5.92 Å². The first kappa shape index (κ1) is 19.9. The molecule has 1 aromatic heterocycles. The second kappa shape index (κ2) is 8.00. The highest BCUT2D eigenvalue weighted by Gasteiger charge is 2.32. The van der Waals surface area contributed by atoms with Gasteiger partial charge in [-0.1, -0.05) is 6.07 Å². The third-order valence-electron chi connectivity index (χ3n) is 4.68. The summed E-state index contributed by atoms with van der Waals surface area (Å²) in [6.07, 6.45) is -3.17. The summed E-state index contributed by atoms with van der Waals surface area (Å²) in [5.41, 5.74) is 0.153. The maximum Gasteiger partial charge on any atom is 0.416 e. The Hall–Kier alpha value is -2.90. The number of hydrogen-bond acceptors (Lipinski definition) is 3. The molecule has 8 heteroatoms. The van der Waals surface area contributed by atoms with Crippen molar-refractivity contribution >= 4 is 17.6 Å². The van der Waals surface area contributed by atoms with Crippen molar-refractivity contribution in [3.05, 3.63) is 59.3 Å². The standard InChI is InChI=1S/C20H20F3N3O2/c1-13-4-2-6-17(24-13)25-18(27)15-5-3-11-26(12-15)19(28)14-7-9-16(10-8-14)20(21,22)23/h2,4,6-10,15H,3,5,11-12H2,1H3,(H,24,25,27)/t15-/m0/s1. The van der Waals surface area contributed by atoms with E-state index < -0.39 is 17.7 Å². The first-order valence-electron chi connectivity index (χ1n) is 8.95. The average molecular weight is 391 g/mol. The quantitative estimate of drug-likeness (QED) is 0.863. The van der Waals surface area contributed by atoms with Gasteiger partial charge in [-0.15, -0.1) is 0 Å². The van der Waals surface area contributed by atoms with Crippen LogP contribution in [0.3, 0.4) is 0 Å². The van der Waals surface area contributed by atoms with Crippen LogP contribution in [0, 0.1) is 12.8 Å². The second-order valence-electron chi connectivity index (χ2n) is 6.82. The molecule has 0 unspecified atom stereocenters. The Bertz CT molecular complexity index is 866. The molecule has 0 spiro atoms. The molecule has 1 aromatic carbocycles. The molecule has 1 saturated heterocycles. The molecule has 2 heterocycles. The van der Waals surface area contributed by atoms with E-state index in [9.17, 15) is 22.8 Å². The van der Waals surface area contributed by atoms with Crippen LogP contribution in [0.4, 0.5) is 19.0 Å². The summed E-state index contributed by atoms with van der Waals surface area (Å²) in [5, 5.41) is 2.76. The minimum Gasteiger partial charge on any atom is -0.338 e. The number of carbonyl (C=O) groups is 2. The summed E-state index contributed by atoms with van der Waals surface area (Å²) in [4.78, 5) is 30.9. The minimum atomic E-state index is -4.44. The summed E-state index contributed by atoms with van der Waals surface area (Å²) in [7, 11) is 0. The van der Waals surface area contributed by atoms with Crippen molar-refractivity contribution in [2.45, 2.75) is 25.9 Å². The number of rotatable bonds is 3. The first-order chi connectivity index (χ1) is 13.2. The topological polar surface area (TPSA) is 62.3 Å². The van der Waals surface area contributed by atoms with E-state index in [1.54, 1.807) is 12.1 Å². The van der Waals surface area contributed by atoms with Crippen LogP contribution < -0.4 is 5.32 Å². The van der Waals surface area contributed by atoms with Crippen LogP contribution in [-0.2, 0) is 11.0 Å². The number of hydrogen-bond donors (Lipinski definition) is 1. The van der Waals surface area contributed by atoms with E-state index >= 15 is 0 Å². The Labute approximate surface area is 160 Å². The lowest BCUT2D eigenvalue weighted by molar-refractivity contribution is -0.137. The number of amides is 2. The molecule has 3 rings (SSSR count). The molecule has 1 atom stereocenters. The lowest BCUT2D eigenvalue weighted by Gasteiger charge is -2.32. The Morgan fingerprint density at radius 1 is 1.14 bits per heavy atom. The molecule has 1 aliphatic heterocycles. The molecule has 2 aromatic rings. The zero-order chi connectivity index (χ0) is 20.3. The number of carbonyl (C=O) groups excluding carboxylic acids is 2. The third-order valence-corrected chi connectivity index (χ3v) is 4.68. The molecule has 1 aliphatic rings. The van der Waals surface area contributed by atoms with Crippen molar-refractivity contribution < 1.29 is 22.8 Å². The van der Waals surface area contributed by atoms with Gasteiger partial charge >= 0.3 is 6.18 Å². The number of nitrogens with zero attached hydrogens (tertiary/aromatic N) is 2. The summed E-state index contributed by atoms with van der Waals surface area (Å²) < 4.78 is 38.0. The number of aryl methyl sites for hydroxylation is 1. The number of pyridine rings is 1. The van der Waals surface area contributed by atoms with Crippen molar-refractivity contribution in [3.8, 4) is 0 Å². The van der Waals surface area contributed by atoms with Gasteiger partial charge < -0.3 is 10.2 Å². The van der Waals surface area contributed by atoms with Gasteiger partial charge in [0, 0.05) is 24.3 Å². The van der Waals surface area contributed by atoms with Gasteiger partial charge in [0.15, 0.2) is 0 Å². The molecular formula is C20H20F3N3O2. The number of anilines is 1. The highest BCUT2D eigenvalue weighted by Crippen LogP contribution is 2.29. The lowest BCUT2D eigenvalue weighted by atomic mass is 9.96. The molecule has 1 N–H and O–H groups in total. The van der Waals surface area contributed by atoms with Gasteiger partial charge in [0.05, 0.1) is 11.5 Å². The second-order valence-corrected chi connectivity index (χ2v) is 6.82. The molecule has 148 valence electrons. The van der Waals surface area contributed by atoms with E-state index in [0.29, 0.717) is 25.2 Å². The van der Waals surface area contributed by atoms with Crippen LogP contribution in [0.2, 0.25) is 0 Å². The van der Waals surface area contributed by atoms with Crippen molar-refractivity contribution in [3.63, 3.8) is 0 Å². The number of halogens is 3. The fourth-order valence-electron chi connectivity index (χ4n) is 3.20. The number of nitrogens with one attached hydrogen (secondary N) is 1. The lowest BCUT2D eigenvalue weighted by Crippen LogP contribution is -2.43. The number of benzene rings is 1. The van der Waals surface area contributed by atoms with Crippen LogP contribution in [0.1, 0.15) is 34.5 Å². The molecule has 28 heavy (non-hydrogen) atoms. The fourth-order valence-corrected chi connectivity index (χ4v) is 3.20. The Morgan fingerprint density at radius 3 is 2.50 bits per heavy atom. The van der Waals surface area contributed by atoms with E-state index in [4.69, 9.17) is 0 Å². The van der Waals surface area contributed by atoms with Gasteiger partial charge in [-0.05, 0) is 56.2 Å². The van der Waals surface area contributed by atoms with E-state index in [-0.39, 0.29) is 23.9 Å². The molecule has 2 amide bonds. The van der Waals surface area contributed by atoms with E-state index in [1.165, 1.54) is 17.0 Å².